The standard InChI is InChI=1S/C24H26FN5O/c1-17(24(31)27-21-7-4-6-18(14-21)16-26)29(2)13-5-8-22-15-23(30(3)28-22)19-9-11-20(25)12-10-19/h4,6-7,9-12,14-15,17H,5,8,13H2,1-3H3,(H,27,31). The Morgan fingerprint density at radius 1 is 1.26 bits per heavy atom. The summed E-state index contributed by atoms with van der Waals surface area (Å²) in [5.74, 6) is -0.376. The van der Waals surface area contributed by atoms with Crippen molar-refractivity contribution in [3.8, 4) is 17.3 Å². The molecule has 1 amide bonds. The third kappa shape index (κ3) is 5.77. The summed E-state index contributed by atoms with van der Waals surface area (Å²) in [6, 6.07) is 17.0. The number of aryl methyl sites for hydroxylation is 2. The Balaban J connectivity index is 1.52. The van der Waals surface area contributed by atoms with E-state index in [2.05, 4.69) is 16.5 Å². The minimum Gasteiger partial charge on any atom is -0.325 e. The molecule has 1 unspecified atom stereocenters. The van der Waals surface area contributed by atoms with E-state index in [1.54, 1.807) is 41.1 Å². The Bertz CT molecular complexity index is 1080. The fraction of sp³-hybridized carbons (Fsp3) is 0.292. The highest BCUT2D eigenvalue weighted by atomic mass is 19.1. The average Bonchev–Trinajstić information content (AvgIpc) is 3.14. The Morgan fingerprint density at radius 2 is 2.00 bits per heavy atom. The number of carbonyl (C=O) groups excluding carboxylic acids is 1. The van der Waals surface area contributed by atoms with Gasteiger partial charge >= 0.3 is 0 Å². The van der Waals surface area contributed by atoms with Gasteiger partial charge in [-0.1, -0.05) is 6.07 Å². The van der Waals surface area contributed by atoms with Gasteiger partial charge in [-0.15, -0.1) is 0 Å². The van der Waals surface area contributed by atoms with Crippen molar-refractivity contribution in [2.45, 2.75) is 25.8 Å². The summed E-state index contributed by atoms with van der Waals surface area (Å²) in [5.41, 5.74) is 3.95. The van der Waals surface area contributed by atoms with Crippen LogP contribution in [0.15, 0.2) is 54.6 Å². The topological polar surface area (TPSA) is 74.0 Å². The van der Waals surface area contributed by atoms with Crippen molar-refractivity contribution in [3.05, 3.63) is 71.7 Å². The van der Waals surface area contributed by atoms with Crippen molar-refractivity contribution in [3.63, 3.8) is 0 Å². The van der Waals surface area contributed by atoms with Gasteiger partial charge in [0.05, 0.1) is 29.1 Å². The highest BCUT2D eigenvalue weighted by Crippen LogP contribution is 2.21. The number of aromatic nitrogens is 2. The molecule has 0 bridgehead atoms. The van der Waals surface area contributed by atoms with Gasteiger partial charge in [-0.25, -0.2) is 4.39 Å². The first-order valence-electron chi connectivity index (χ1n) is 10.2. The molecule has 7 heteroatoms. The van der Waals surface area contributed by atoms with Crippen molar-refractivity contribution in [1.82, 2.24) is 14.7 Å². The van der Waals surface area contributed by atoms with Gasteiger partial charge in [0.1, 0.15) is 5.82 Å². The lowest BCUT2D eigenvalue weighted by atomic mass is 10.1. The smallest absolute Gasteiger partial charge is 0.241 e. The number of hydrogen-bond acceptors (Lipinski definition) is 4. The molecule has 0 aliphatic carbocycles. The fourth-order valence-corrected chi connectivity index (χ4v) is 3.36. The maximum absolute atomic E-state index is 13.2. The van der Waals surface area contributed by atoms with Crippen LogP contribution in [0.2, 0.25) is 0 Å². The molecular weight excluding hydrogens is 393 g/mol. The highest BCUT2D eigenvalue weighted by Gasteiger charge is 2.18. The van der Waals surface area contributed by atoms with E-state index in [0.717, 1.165) is 36.3 Å². The summed E-state index contributed by atoms with van der Waals surface area (Å²) in [4.78, 5) is 14.5. The average molecular weight is 420 g/mol. The lowest BCUT2D eigenvalue weighted by Crippen LogP contribution is -2.40. The SMILES string of the molecule is CC(C(=O)Nc1cccc(C#N)c1)N(C)CCCc1cc(-c2ccc(F)cc2)n(C)n1. The predicted molar refractivity (Wildman–Crippen MR) is 119 cm³/mol. The van der Waals surface area contributed by atoms with Crippen LogP contribution in [0.25, 0.3) is 11.3 Å². The number of amides is 1. The molecule has 3 aromatic rings. The zero-order valence-corrected chi connectivity index (χ0v) is 18.0. The third-order valence-corrected chi connectivity index (χ3v) is 5.31. The summed E-state index contributed by atoms with van der Waals surface area (Å²) in [6.07, 6.45) is 1.62. The summed E-state index contributed by atoms with van der Waals surface area (Å²) in [5, 5.41) is 16.4. The van der Waals surface area contributed by atoms with Crippen LogP contribution in [0.1, 0.15) is 24.6 Å². The maximum atomic E-state index is 13.2. The monoisotopic (exact) mass is 419 g/mol. The molecule has 3 rings (SSSR count). The second-order valence-electron chi connectivity index (χ2n) is 7.59. The molecule has 0 fully saturated rings. The summed E-state index contributed by atoms with van der Waals surface area (Å²) in [6.45, 7) is 2.59. The van der Waals surface area contributed by atoms with Crippen LogP contribution in [0.3, 0.4) is 0 Å². The molecule has 1 aromatic heterocycles. The van der Waals surface area contributed by atoms with Crippen LogP contribution in [0.5, 0.6) is 0 Å². The molecule has 2 aromatic carbocycles. The second-order valence-corrected chi connectivity index (χ2v) is 7.59. The normalized spacial score (nSPS) is 11.9. The van der Waals surface area contributed by atoms with Crippen molar-refractivity contribution in [2.24, 2.45) is 7.05 Å². The Hall–Kier alpha value is -3.50. The van der Waals surface area contributed by atoms with E-state index in [1.807, 2.05) is 32.0 Å². The number of benzene rings is 2. The number of halogens is 1. The van der Waals surface area contributed by atoms with E-state index in [-0.39, 0.29) is 17.8 Å². The molecular formula is C24H26FN5O. The number of carbonyl (C=O) groups is 1. The molecule has 0 saturated heterocycles. The zero-order chi connectivity index (χ0) is 22.4. The summed E-state index contributed by atoms with van der Waals surface area (Å²) < 4.78 is 15.0. The van der Waals surface area contributed by atoms with Gasteiger partial charge in [-0.3, -0.25) is 14.4 Å². The second kappa shape index (κ2) is 10.0. The molecule has 1 atom stereocenters. The van der Waals surface area contributed by atoms with Gasteiger partial charge in [0, 0.05) is 12.7 Å². The Labute approximate surface area is 181 Å². The number of nitrogens with zero attached hydrogens (tertiary/aromatic N) is 4. The number of anilines is 1. The first-order valence-corrected chi connectivity index (χ1v) is 10.2. The minimum atomic E-state index is -0.316. The van der Waals surface area contributed by atoms with Crippen LogP contribution in [0.4, 0.5) is 10.1 Å². The van der Waals surface area contributed by atoms with Gasteiger partial charge < -0.3 is 5.32 Å². The summed E-state index contributed by atoms with van der Waals surface area (Å²) >= 11 is 0. The van der Waals surface area contributed by atoms with E-state index >= 15 is 0 Å². The summed E-state index contributed by atoms with van der Waals surface area (Å²) in [7, 11) is 3.79. The van der Waals surface area contributed by atoms with Crippen molar-refractivity contribution >= 4 is 11.6 Å². The van der Waals surface area contributed by atoms with Crippen LogP contribution >= 0.6 is 0 Å². The largest absolute Gasteiger partial charge is 0.325 e. The molecule has 160 valence electrons. The molecule has 0 radical (unpaired) electrons. The molecule has 31 heavy (non-hydrogen) atoms. The number of nitrogens with one attached hydrogen (secondary N) is 1. The van der Waals surface area contributed by atoms with E-state index in [9.17, 15) is 9.18 Å². The third-order valence-electron chi connectivity index (χ3n) is 5.31. The lowest BCUT2D eigenvalue weighted by Gasteiger charge is -2.23. The Morgan fingerprint density at radius 3 is 2.71 bits per heavy atom. The van der Waals surface area contributed by atoms with Gasteiger partial charge in [-0.05, 0) is 87.5 Å². The van der Waals surface area contributed by atoms with Crippen LogP contribution in [-0.4, -0.2) is 40.2 Å². The minimum absolute atomic E-state index is 0.117. The fourth-order valence-electron chi connectivity index (χ4n) is 3.36. The van der Waals surface area contributed by atoms with Crippen LogP contribution < -0.4 is 5.32 Å². The molecule has 0 aliphatic heterocycles. The molecule has 0 saturated carbocycles. The van der Waals surface area contributed by atoms with Crippen LogP contribution in [-0.2, 0) is 18.3 Å². The van der Waals surface area contributed by atoms with E-state index in [4.69, 9.17) is 5.26 Å². The molecule has 1 heterocycles. The van der Waals surface area contributed by atoms with Crippen molar-refractivity contribution in [2.75, 3.05) is 18.9 Å². The Kier molecular flexibility index (Phi) is 7.16. The van der Waals surface area contributed by atoms with Gasteiger partial charge in [0.2, 0.25) is 5.91 Å². The number of hydrogen-bond donors (Lipinski definition) is 1. The molecule has 1 N–H and O–H groups in total. The van der Waals surface area contributed by atoms with Gasteiger partial charge in [-0.2, -0.15) is 10.4 Å². The van der Waals surface area contributed by atoms with Crippen LogP contribution in [0, 0.1) is 17.1 Å². The molecule has 6 nitrogen and oxygen atoms in total. The van der Waals surface area contributed by atoms with E-state index in [0.29, 0.717) is 11.3 Å². The van der Waals surface area contributed by atoms with Crippen molar-refractivity contribution in [1.29, 1.82) is 5.26 Å². The van der Waals surface area contributed by atoms with Gasteiger partial charge in [0.25, 0.3) is 0 Å². The zero-order valence-electron chi connectivity index (χ0n) is 18.0. The quantitative estimate of drug-likeness (QED) is 0.599. The molecule has 0 aliphatic rings. The number of nitriles is 1. The highest BCUT2D eigenvalue weighted by molar-refractivity contribution is 5.94. The van der Waals surface area contributed by atoms with E-state index in [1.165, 1.54) is 12.1 Å². The van der Waals surface area contributed by atoms with Gasteiger partial charge in [0.15, 0.2) is 0 Å². The molecule has 0 spiro atoms. The first kappa shape index (κ1) is 22.2. The first-order chi connectivity index (χ1) is 14.9. The predicted octanol–water partition coefficient (Wildman–Crippen LogP) is 3.99. The lowest BCUT2D eigenvalue weighted by molar-refractivity contribution is -0.120. The van der Waals surface area contributed by atoms with E-state index < -0.39 is 0 Å². The number of rotatable bonds is 8. The maximum Gasteiger partial charge on any atom is 0.241 e. The number of likely N-dealkylation sites (N-methyl/N-ethyl adjacent to an activating group) is 1. The van der Waals surface area contributed by atoms with Crippen molar-refractivity contribution < 1.29 is 9.18 Å².